The van der Waals surface area contributed by atoms with Crippen LogP contribution in [0.2, 0.25) is 5.02 Å². The average Bonchev–Trinajstić information content (AvgIpc) is 2.69. The number of hydrogen-bond donors (Lipinski definition) is 2. The van der Waals surface area contributed by atoms with Gasteiger partial charge < -0.3 is 15.0 Å². The molecule has 0 saturated heterocycles. The number of hydrogen-bond acceptors (Lipinski definition) is 7. The SMILES string of the molecule is CN(C)c1cc[nH+]cc1.Cc1cc2c(cc1Cl)SC(c1c([O-])[nH]c(=S)[nH]c1=O)=NS2(=O)=O. The zero-order valence-electron chi connectivity index (χ0n) is 17.1. The lowest BCUT2D eigenvalue weighted by molar-refractivity contribution is -0.377. The van der Waals surface area contributed by atoms with Crippen LogP contribution < -0.4 is 20.5 Å². The number of fused-ring (bicyclic) bond motifs is 1. The van der Waals surface area contributed by atoms with Gasteiger partial charge in [-0.25, -0.2) is 4.98 Å². The lowest BCUT2D eigenvalue weighted by atomic mass is 10.2. The number of aryl methyl sites for hydroxylation is 1. The largest absolute Gasteiger partial charge is 0.860 e. The number of H-pyrrole nitrogens is 3. The molecule has 0 fully saturated rings. The van der Waals surface area contributed by atoms with Gasteiger partial charge in [-0.2, -0.15) is 12.8 Å². The van der Waals surface area contributed by atoms with E-state index in [2.05, 4.69) is 24.2 Å². The fraction of sp³-hybridized carbons (Fsp3) is 0.158. The summed E-state index contributed by atoms with van der Waals surface area (Å²) in [5.41, 5.74) is 0.588. The van der Waals surface area contributed by atoms with Gasteiger partial charge in [0.25, 0.3) is 15.6 Å². The molecule has 168 valence electrons. The minimum Gasteiger partial charge on any atom is -0.860 e. The number of thioether (sulfide) groups is 1. The quantitative estimate of drug-likeness (QED) is 0.504. The first-order valence-corrected chi connectivity index (χ1v) is 12.0. The van der Waals surface area contributed by atoms with Gasteiger partial charge in [-0.1, -0.05) is 23.4 Å². The molecule has 2 aromatic heterocycles. The molecule has 0 radical (unpaired) electrons. The molecule has 32 heavy (non-hydrogen) atoms. The van der Waals surface area contributed by atoms with Crippen LogP contribution in [0.1, 0.15) is 11.1 Å². The maximum atomic E-state index is 12.3. The Kier molecular flexibility index (Phi) is 7.08. The first-order chi connectivity index (χ1) is 15.0. The van der Waals surface area contributed by atoms with Crippen molar-refractivity contribution in [3.8, 4) is 5.88 Å². The maximum absolute atomic E-state index is 12.3. The molecule has 3 aromatic rings. The van der Waals surface area contributed by atoms with Crippen molar-refractivity contribution in [2.45, 2.75) is 16.7 Å². The number of rotatable bonds is 2. The standard InChI is InChI=1S/C12H8ClN3O4S3.C7H10N2/c1-4-2-7-6(3-5(4)13)22-11(16-23(7,19)20)8-9(17)14-12(21)15-10(8)18;1-9(2)7-3-5-8-6-4-7/h2-3H,1H3,(H3,14,15,17,18,21);3-6H,1-2H3. The van der Waals surface area contributed by atoms with E-state index >= 15 is 0 Å². The van der Waals surface area contributed by atoms with Crippen LogP contribution in [-0.4, -0.2) is 37.5 Å². The molecule has 1 aromatic carbocycles. The highest BCUT2D eigenvalue weighted by Gasteiger charge is 2.29. The number of aromatic amines is 3. The van der Waals surface area contributed by atoms with Gasteiger partial charge in [-0.3, -0.25) is 9.78 Å². The summed E-state index contributed by atoms with van der Waals surface area (Å²) in [5, 5.41) is 12.1. The Morgan fingerprint density at radius 1 is 1.22 bits per heavy atom. The van der Waals surface area contributed by atoms with E-state index in [0.717, 1.165) is 11.8 Å². The van der Waals surface area contributed by atoms with Crippen LogP contribution in [-0.2, 0) is 10.0 Å². The second kappa shape index (κ2) is 9.45. The van der Waals surface area contributed by atoms with Crippen LogP contribution in [0.15, 0.2) is 55.6 Å². The number of halogens is 1. The van der Waals surface area contributed by atoms with E-state index in [9.17, 15) is 18.3 Å². The van der Waals surface area contributed by atoms with E-state index in [-0.39, 0.29) is 14.7 Å². The van der Waals surface area contributed by atoms with Gasteiger partial charge in [-0.15, -0.1) is 0 Å². The molecule has 0 amide bonds. The second-order valence-corrected chi connectivity index (χ2v) is 10.2. The number of aromatic nitrogens is 3. The monoisotopic (exact) mass is 511 g/mol. The van der Waals surface area contributed by atoms with Crippen molar-refractivity contribution >= 4 is 56.3 Å². The second-order valence-electron chi connectivity index (χ2n) is 6.79. The normalized spacial score (nSPS) is 13.9. The lowest BCUT2D eigenvalue weighted by Crippen LogP contribution is -2.23. The van der Waals surface area contributed by atoms with Crippen molar-refractivity contribution in [1.29, 1.82) is 0 Å². The third-order valence-corrected chi connectivity index (χ3v) is 7.47. The Morgan fingerprint density at radius 2 is 1.88 bits per heavy atom. The van der Waals surface area contributed by atoms with Crippen molar-refractivity contribution in [2.75, 3.05) is 19.0 Å². The molecule has 0 spiro atoms. The predicted molar refractivity (Wildman–Crippen MR) is 125 cm³/mol. The van der Waals surface area contributed by atoms with Gasteiger partial charge in [0.15, 0.2) is 17.2 Å². The van der Waals surface area contributed by atoms with Crippen LogP contribution in [0.4, 0.5) is 5.69 Å². The smallest absolute Gasteiger partial charge is 0.284 e. The highest BCUT2D eigenvalue weighted by Crippen LogP contribution is 2.39. The molecule has 9 nitrogen and oxygen atoms in total. The molecule has 0 aliphatic carbocycles. The Hall–Kier alpha value is -2.67. The number of nitrogens with one attached hydrogen (secondary N) is 3. The summed E-state index contributed by atoms with van der Waals surface area (Å²) in [7, 11) is 0.000907. The first-order valence-electron chi connectivity index (χ1n) is 9.00. The molecule has 1 aliphatic rings. The summed E-state index contributed by atoms with van der Waals surface area (Å²) in [6.45, 7) is 1.67. The summed E-state index contributed by atoms with van der Waals surface area (Å²) < 4.78 is 28.1. The van der Waals surface area contributed by atoms with Gasteiger partial charge in [0.05, 0.1) is 5.56 Å². The van der Waals surface area contributed by atoms with E-state index in [1.54, 1.807) is 6.92 Å². The van der Waals surface area contributed by atoms with E-state index in [1.165, 1.54) is 17.8 Å². The fourth-order valence-electron chi connectivity index (χ4n) is 2.63. The van der Waals surface area contributed by atoms with Gasteiger partial charge >= 0.3 is 0 Å². The van der Waals surface area contributed by atoms with Crippen molar-refractivity contribution < 1.29 is 18.5 Å². The Morgan fingerprint density at radius 3 is 2.44 bits per heavy atom. The van der Waals surface area contributed by atoms with Crippen LogP contribution in [0.5, 0.6) is 5.88 Å². The highest BCUT2D eigenvalue weighted by atomic mass is 35.5. The number of pyridine rings is 1. The molecule has 4 rings (SSSR count). The number of nitrogens with zero attached hydrogens (tertiary/aromatic N) is 2. The van der Waals surface area contributed by atoms with Crippen molar-refractivity contribution in [3.05, 3.63) is 67.9 Å². The summed E-state index contributed by atoms with van der Waals surface area (Å²) in [5.74, 6) is -0.804. The van der Waals surface area contributed by atoms with Crippen molar-refractivity contribution in [2.24, 2.45) is 4.40 Å². The zero-order valence-corrected chi connectivity index (χ0v) is 20.3. The van der Waals surface area contributed by atoms with Gasteiger partial charge in [0.1, 0.15) is 9.94 Å². The molecular formula is C19H18ClN5O4S3. The molecule has 1 aliphatic heterocycles. The molecule has 3 heterocycles. The molecule has 0 bridgehead atoms. The third kappa shape index (κ3) is 5.21. The molecule has 3 N–H and O–H groups in total. The summed E-state index contributed by atoms with van der Waals surface area (Å²) in [6.07, 6.45) is 3.82. The van der Waals surface area contributed by atoms with Crippen LogP contribution in [0.3, 0.4) is 0 Å². The highest BCUT2D eigenvalue weighted by molar-refractivity contribution is 8.16. The third-order valence-electron chi connectivity index (χ3n) is 4.25. The first kappa shape index (κ1) is 24.0. The molecule has 13 heteroatoms. The number of anilines is 1. The minimum absolute atomic E-state index is 0.0131. The van der Waals surface area contributed by atoms with E-state index in [1.807, 2.05) is 38.6 Å². The molecule has 0 unspecified atom stereocenters. The Balaban J connectivity index is 0.000000269. The summed E-state index contributed by atoms with van der Waals surface area (Å²) >= 11 is 11.6. The van der Waals surface area contributed by atoms with Crippen LogP contribution in [0.25, 0.3) is 0 Å². The molecule has 0 saturated carbocycles. The van der Waals surface area contributed by atoms with Crippen LogP contribution in [0, 0.1) is 11.7 Å². The van der Waals surface area contributed by atoms with Gasteiger partial charge in [0, 0.05) is 41.8 Å². The number of benzene rings is 1. The van der Waals surface area contributed by atoms with Crippen molar-refractivity contribution in [1.82, 2.24) is 9.97 Å². The van der Waals surface area contributed by atoms with E-state index < -0.39 is 27.0 Å². The lowest BCUT2D eigenvalue weighted by Gasteiger charge is -2.19. The summed E-state index contributed by atoms with van der Waals surface area (Å²) in [4.78, 5) is 21.7. The van der Waals surface area contributed by atoms with Gasteiger partial charge in [-0.05, 0) is 42.7 Å². The van der Waals surface area contributed by atoms with Crippen molar-refractivity contribution in [3.63, 3.8) is 0 Å². The predicted octanol–water partition coefficient (Wildman–Crippen LogP) is 2.28. The zero-order chi connectivity index (χ0) is 23.6. The van der Waals surface area contributed by atoms with E-state index in [4.69, 9.17) is 23.8 Å². The maximum Gasteiger partial charge on any atom is 0.284 e. The Bertz CT molecular complexity index is 1420. The topological polar surface area (TPSA) is 136 Å². The number of sulfonamides is 1. The average molecular weight is 512 g/mol. The summed E-state index contributed by atoms with van der Waals surface area (Å²) in [6, 6.07) is 6.92. The van der Waals surface area contributed by atoms with Crippen LogP contribution >= 0.6 is 35.6 Å². The molecular weight excluding hydrogens is 494 g/mol. The van der Waals surface area contributed by atoms with Gasteiger partial charge in [0.2, 0.25) is 0 Å². The fourth-order valence-corrected chi connectivity index (χ4v) is 5.81. The van der Waals surface area contributed by atoms with E-state index in [0.29, 0.717) is 15.5 Å². The minimum atomic E-state index is -4.05. The molecule has 0 atom stereocenters. The Labute approximate surface area is 198 Å².